The van der Waals surface area contributed by atoms with Crippen LogP contribution in [-0.4, -0.2) is 19.3 Å². The van der Waals surface area contributed by atoms with E-state index in [1.54, 1.807) is 0 Å². The lowest BCUT2D eigenvalue weighted by Crippen LogP contribution is -2.33. The Morgan fingerprint density at radius 3 is 2.37 bits per heavy atom. The van der Waals surface area contributed by atoms with Gasteiger partial charge < -0.3 is 9.47 Å². The summed E-state index contributed by atoms with van der Waals surface area (Å²) in [7, 11) is 0. The van der Waals surface area contributed by atoms with Gasteiger partial charge in [-0.3, -0.25) is 0 Å². The molecule has 0 N–H and O–H groups in total. The molecule has 0 saturated heterocycles. The number of allylic oxidation sites excluding steroid dienone is 1. The molecule has 0 bridgehead atoms. The van der Waals surface area contributed by atoms with E-state index in [1.807, 2.05) is 19.1 Å². The van der Waals surface area contributed by atoms with Gasteiger partial charge in [0.25, 0.3) is 0 Å². The maximum absolute atomic E-state index is 14.0. The summed E-state index contributed by atoms with van der Waals surface area (Å²) in [5.41, 5.74) is 0.538. The first-order valence-corrected chi connectivity index (χ1v) is 9.64. The van der Waals surface area contributed by atoms with Gasteiger partial charge in [-0.1, -0.05) is 12.2 Å². The minimum atomic E-state index is -3.25. The first kappa shape index (κ1) is 20.2. The molecule has 2 saturated carbocycles. The first-order chi connectivity index (χ1) is 13.0. The van der Waals surface area contributed by atoms with Gasteiger partial charge in [-0.05, 0) is 80.9 Å². The number of rotatable bonds is 6. The smallest absolute Gasteiger partial charge is 0.387 e. The van der Waals surface area contributed by atoms with Crippen LogP contribution in [0.15, 0.2) is 24.3 Å². The highest BCUT2D eigenvalue weighted by molar-refractivity contribution is 5.33. The van der Waals surface area contributed by atoms with Crippen LogP contribution in [-0.2, 0) is 4.74 Å². The summed E-state index contributed by atoms with van der Waals surface area (Å²) < 4.78 is 62.5. The van der Waals surface area contributed by atoms with E-state index >= 15 is 0 Å². The van der Waals surface area contributed by atoms with E-state index in [-0.39, 0.29) is 5.92 Å². The third-order valence-electron chi connectivity index (χ3n) is 5.93. The molecule has 27 heavy (non-hydrogen) atoms. The number of hydrogen-bond acceptors (Lipinski definition) is 2. The van der Waals surface area contributed by atoms with Crippen molar-refractivity contribution in [2.24, 2.45) is 11.8 Å². The Morgan fingerprint density at radius 2 is 1.70 bits per heavy atom. The van der Waals surface area contributed by atoms with Crippen LogP contribution >= 0.6 is 0 Å². The highest BCUT2D eigenvalue weighted by Crippen LogP contribution is 2.47. The number of benzene rings is 1. The monoisotopic (exact) mass is 386 g/mol. The predicted molar refractivity (Wildman–Crippen MR) is 95.0 cm³/mol. The molecule has 0 heterocycles. The molecule has 2 fully saturated rings. The minimum Gasteiger partial charge on any atom is -0.429 e. The molecule has 1 aromatic carbocycles. The van der Waals surface area contributed by atoms with Crippen molar-refractivity contribution in [3.8, 4) is 5.75 Å². The van der Waals surface area contributed by atoms with Crippen molar-refractivity contribution in [1.29, 1.82) is 0 Å². The lowest BCUT2D eigenvalue weighted by Gasteiger charge is -2.42. The lowest BCUT2D eigenvalue weighted by molar-refractivity contribution is -0.0547. The molecular formula is C21H26F4O2. The van der Waals surface area contributed by atoms with Gasteiger partial charge in [0, 0.05) is 0 Å². The third-order valence-corrected chi connectivity index (χ3v) is 5.93. The predicted octanol–water partition coefficient (Wildman–Crippen LogP) is 6.21. The Hall–Kier alpha value is -1.56. The van der Waals surface area contributed by atoms with Crippen LogP contribution in [0.1, 0.15) is 56.9 Å². The maximum Gasteiger partial charge on any atom is 0.387 e. The van der Waals surface area contributed by atoms with Gasteiger partial charge in [-0.25, -0.2) is 8.78 Å². The van der Waals surface area contributed by atoms with Crippen molar-refractivity contribution in [2.45, 2.75) is 64.1 Å². The molecule has 2 nitrogen and oxygen atoms in total. The summed E-state index contributed by atoms with van der Waals surface area (Å²) in [5, 5.41) is 0. The fourth-order valence-electron chi connectivity index (χ4n) is 4.60. The summed E-state index contributed by atoms with van der Waals surface area (Å²) in [6, 6.07) is 2.30. The van der Waals surface area contributed by atoms with Gasteiger partial charge in [-0.2, -0.15) is 8.78 Å². The Morgan fingerprint density at radius 1 is 1.04 bits per heavy atom. The molecular weight excluding hydrogens is 360 g/mol. The highest BCUT2D eigenvalue weighted by Gasteiger charge is 2.36. The van der Waals surface area contributed by atoms with Gasteiger partial charge in [0.1, 0.15) is 0 Å². The molecule has 150 valence electrons. The molecule has 1 aromatic rings. The first-order valence-electron chi connectivity index (χ1n) is 9.64. The lowest BCUT2D eigenvalue weighted by atomic mass is 9.65. The second-order valence-electron chi connectivity index (χ2n) is 7.56. The molecule has 4 atom stereocenters. The Kier molecular flexibility index (Phi) is 6.79. The highest BCUT2D eigenvalue weighted by atomic mass is 19.3. The summed E-state index contributed by atoms with van der Waals surface area (Å²) in [6.45, 7) is -0.632. The summed E-state index contributed by atoms with van der Waals surface area (Å²) in [6.07, 6.45) is 10.1. The Labute approximate surface area is 157 Å². The van der Waals surface area contributed by atoms with Gasteiger partial charge >= 0.3 is 6.61 Å². The number of fused-ring (bicyclic) bond motifs is 1. The van der Waals surface area contributed by atoms with Crippen molar-refractivity contribution in [3.05, 3.63) is 41.5 Å². The third kappa shape index (κ3) is 5.03. The van der Waals surface area contributed by atoms with Gasteiger partial charge in [0.2, 0.25) is 0 Å². The van der Waals surface area contributed by atoms with Crippen LogP contribution in [0.4, 0.5) is 17.6 Å². The van der Waals surface area contributed by atoms with E-state index in [4.69, 9.17) is 4.74 Å². The van der Waals surface area contributed by atoms with E-state index < -0.39 is 24.0 Å². The molecule has 2 aliphatic rings. The fourth-order valence-corrected chi connectivity index (χ4v) is 4.60. The Balaban J connectivity index is 1.62. The standard InChI is InChI=1S/C21H26F4O2/c1-2-3-8-26-17-7-6-13-9-14(4-5-15(13)10-17)16-11-18(22)20(19(23)12-16)27-21(24)25/h2-3,11-15,17,21H,4-10H2,1H3/b3-2+. The molecule has 0 amide bonds. The van der Waals surface area contributed by atoms with E-state index in [1.165, 1.54) is 0 Å². The summed E-state index contributed by atoms with van der Waals surface area (Å²) >= 11 is 0. The van der Waals surface area contributed by atoms with E-state index in [2.05, 4.69) is 4.74 Å². The van der Waals surface area contributed by atoms with Crippen molar-refractivity contribution in [3.63, 3.8) is 0 Å². The van der Waals surface area contributed by atoms with Crippen molar-refractivity contribution in [1.82, 2.24) is 0 Å². The zero-order chi connectivity index (χ0) is 19.4. The van der Waals surface area contributed by atoms with Gasteiger partial charge in [0.15, 0.2) is 17.4 Å². The van der Waals surface area contributed by atoms with Crippen molar-refractivity contribution < 1.29 is 27.0 Å². The molecule has 0 spiro atoms. The normalized spacial score (nSPS) is 28.5. The van der Waals surface area contributed by atoms with Crippen LogP contribution in [0.5, 0.6) is 5.75 Å². The van der Waals surface area contributed by atoms with Gasteiger partial charge in [-0.15, -0.1) is 0 Å². The minimum absolute atomic E-state index is 0.0522. The topological polar surface area (TPSA) is 18.5 Å². The average Bonchev–Trinajstić information content (AvgIpc) is 2.64. The van der Waals surface area contributed by atoms with Gasteiger partial charge in [0.05, 0.1) is 12.7 Å². The van der Waals surface area contributed by atoms with Crippen LogP contribution in [0, 0.1) is 23.5 Å². The quantitative estimate of drug-likeness (QED) is 0.427. The molecule has 0 radical (unpaired) electrons. The maximum atomic E-state index is 14.0. The van der Waals surface area contributed by atoms with E-state index in [0.29, 0.717) is 30.1 Å². The number of ether oxygens (including phenoxy) is 2. The van der Waals surface area contributed by atoms with Crippen molar-refractivity contribution in [2.75, 3.05) is 6.61 Å². The molecule has 0 aliphatic heterocycles. The van der Waals surface area contributed by atoms with Crippen LogP contribution < -0.4 is 4.74 Å². The molecule has 4 unspecified atom stereocenters. The average molecular weight is 386 g/mol. The van der Waals surface area contributed by atoms with Crippen LogP contribution in [0.25, 0.3) is 0 Å². The second kappa shape index (κ2) is 9.09. The van der Waals surface area contributed by atoms with Crippen molar-refractivity contribution >= 4 is 0 Å². The zero-order valence-corrected chi connectivity index (χ0v) is 15.5. The van der Waals surface area contributed by atoms with Crippen LogP contribution in [0.3, 0.4) is 0 Å². The fraction of sp³-hybridized carbons (Fsp3) is 0.619. The zero-order valence-electron chi connectivity index (χ0n) is 15.5. The van der Waals surface area contributed by atoms with Crippen LogP contribution in [0.2, 0.25) is 0 Å². The largest absolute Gasteiger partial charge is 0.429 e. The molecule has 2 aliphatic carbocycles. The Bertz CT molecular complexity index is 639. The molecule has 6 heteroatoms. The summed E-state index contributed by atoms with van der Waals surface area (Å²) in [4.78, 5) is 0. The number of halogens is 4. The summed E-state index contributed by atoms with van der Waals surface area (Å²) in [5.74, 6) is -1.96. The number of alkyl halides is 2. The second-order valence-corrected chi connectivity index (χ2v) is 7.56. The SMILES string of the molecule is C/C=C/COC1CCC2CC(c3cc(F)c(OC(F)F)c(F)c3)CCC2C1. The molecule has 0 aromatic heterocycles. The number of hydrogen-bond donors (Lipinski definition) is 0. The van der Waals surface area contributed by atoms with E-state index in [0.717, 1.165) is 50.7 Å². The van der Waals surface area contributed by atoms with E-state index in [9.17, 15) is 17.6 Å². The molecule has 3 rings (SSSR count).